The number of likely N-dealkylation sites (tertiary alicyclic amines) is 1. The van der Waals surface area contributed by atoms with E-state index in [1.54, 1.807) is 14.2 Å². The van der Waals surface area contributed by atoms with Crippen LogP contribution in [-0.4, -0.2) is 69.1 Å². The van der Waals surface area contributed by atoms with Crippen LogP contribution >= 0.6 is 11.6 Å². The van der Waals surface area contributed by atoms with Crippen molar-refractivity contribution < 1.29 is 19.4 Å². The Balaban J connectivity index is 2.04. The van der Waals surface area contributed by atoms with Gasteiger partial charge in [-0.3, -0.25) is 0 Å². The molecule has 1 aromatic rings. The number of hydrogen-bond acceptors (Lipinski definition) is 5. The molecule has 34 heavy (non-hydrogen) atoms. The van der Waals surface area contributed by atoms with E-state index in [0.29, 0.717) is 44.3 Å². The van der Waals surface area contributed by atoms with Crippen molar-refractivity contribution >= 4 is 17.6 Å². The highest BCUT2D eigenvalue weighted by atomic mass is 35.5. The van der Waals surface area contributed by atoms with Gasteiger partial charge in [0.25, 0.3) is 0 Å². The Kier molecular flexibility index (Phi) is 11.6. The van der Waals surface area contributed by atoms with Crippen LogP contribution in [0.4, 0.5) is 4.79 Å². The van der Waals surface area contributed by atoms with Gasteiger partial charge in [0, 0.05) is 57.4 Å². The Morgan fingerprint density at radius 3 is 2.76 bits per heavy atom. The van der Waals surface area contributed by atoms with Crippen LogP contribution in [0.2, 0.25) is 5.02 Å². The van der Waals surface area contributed by atoms with E-state index in [1.807, 2.05) is 29.2 Å². The average molecular weight is 498 g/mol. The Hall–Kier alpha value is -1.38. The van der Waals surface area contributed by atoms with Crippen molar-refractivity contribution in [2.75, 3.05) is 47.1 Å². The Labute approximate surface area is 210 Å². The van der Waals surface area contributed by atoms with Crippen LogP contribution in [0.1, 0.15) is 57.9 Å². The second-order valence-corrected chi connectivity index (χ2v) is 10.9. The van der Waals surface area contributed by atoms with Crippen LogP contribution in [0.3, 0.4) is 0 Å². The van der Waals surface area contributed by atoms with Gasteiger partial charge >= 0.3 is 6.03 Å². The van der Waals surface area contributed by atoms with Crippen molar-refractivity contribution in [3.8, 4) is 0 Å². The summed E-state index contributed by atoms with van der Waals surface area (Å²) in [7, 11) is 3.37. The maximum atomic E-state index is 13.0. The molecule has 3 unspecified atom stereocenters. The lowest BCUT2D eigenvalue weighted by atomic mass is 9.74. The first kappa shape index (κ1) is 28.9. The van der Waals surface area contributed by atoms with Gasteiger partial charge in [0.15, 0.2) is 0 Å². The first-order valence-electron chi connectivity index (χ1n) is 12.4. The lowest BCUT2D eigenvalue weighted by molar-refractivity contribution is -0.0563. The van der Waals surface area contributed by atoms with Crippen LogP contribution in [0.15, 0.2) is 24.3 Å². The molecule has 2 amide bonds. The predicted octanol–water partition coefficient (Wildman–Crippen LogP) is 4.16. The number of nitrogens with zero attached hydrogens (tertiary/aromatic N) is 1. The molecule has 2 rings (SSSR count). The zero-order valence-corrected chi connectivity index (χ0v) is 22.1. The Morgan fingerprint density at radius 1 is 1.32 bits per heavy atom. The number of piperidine rings is 1. The molecule has 194 valence electrons. The molecule has 1 fully saturated rings. The number of hydrogen-bond donors (Lipinski definition) is 3. The molecule has 8 heteroatoms. The molecule has 7 nitrogen and oxygen atoms in total. The number of urea groups is 1. The molecule has 0 spiro atoms. The fourth-order valence-electron chi connectivity index (χ4n) is 5.10. The zero-order valence-electron chi connectivity index (χ0n) is 21.3. The number of halogens is 1. The number of aliphatic hydroxyl groups is 1. The van der Waals surface area contributed by atoms with Gasteiger partial charge in [-0.05, 0) is 61.6 Å². The second kappa shape index (κ2) is 13.6. The summed E-state index contributed by atoms with van der Waals surface area (Å²) < 4.78 is 10.5. The van der Waals surface area contributed by atoms with Gasteiger partial charge in [0.1, 0.15) is 0 Å². The van der Waals surface area contributed by atoms with Gasteiger partial charge in [-0.2, -0.15) is 0 Å². The summed E-state index contributed by atoms with van der Waals surface area (Å²) in [5.74, 6) is -0.0812. The molecule has 0 aromatic heterocycles. The molecule has 0 bridgehead atoms. The Morgan fingerprint density at radius 2 is 2.09 bits per heavy atom. The smallest absolute Gasteiger partial charge is 0.317 e. The van der Waals surface area contributed by atoms with E-state index in [9.17, 15) is 9.90 Å². The summed E-state index contributed by atoms with van der Waals surface area (Å²) in [6.45, 7) is 7.06. The quantitative estimate of drug-likeness (QED) is 0.355. The van der Waals surface area contributed by atoms with E-state index in [4.69, 9.17) is 26.8 Å². The fourth-order valence-corrected chi connectivity index (χ4v) is 5.29. The lowest BCUT2D eigenvalue weighted by Gasteiger charge is -2.43. The highest BCUT2D eigenvalue weighted by molar-refractivity contribution is 6.30. The van der Waals surface area contributed by atoms with Crippen LogP contribution < -0.4 is 11.1 Å². The van der Waals surface area contributed by atoms with Gasteiger partial charge in [-0.25, -0.2) is 4.79 Å². The standard InChI is InChI=1S/C26H44ClN3O4/c1-25(2,19-34-4)16-23(28)17-29-24(31)30-13-8-10-21(18-30)26(32,12-5-6-14-33-3)20-9-7-11-22(27)15-20/h7,9,11,15,21,23,32H,5-6,8,10,12-14,16-19,28H2,1-4H3,(H,29,31). The van der Waals surface area contributed by atoms with Crippen molar-refractivity contribution in [3.05, 3.63) is 34.9 Å². The van der Waals surface area contributed by atoms with Crippen molar-refractivity contribution in [2.45, 2.75) is 64.0 Å². The highest BCUT2D eigenvalue weighted by Crippen LogP contribution is 2.40. The Bertz CT molecular complexity index is 763. The highest BCUT2D eigenvalue weighted by Gasteiger charge is 2.41. The van der Waals surface area contributed by atoms with Crippen molar-refractivity contribution in [2.24, 2.45) is 17.1 Å². The molecule has 0 saturated carbocycles. The number of ether oxygens (including phenoxy) is 2. The second-order valence-electron chi connectivity index (χ2n) is 10.4. The minimum Gasteiger partial charge on any atom is -0.385 e. The SMILES string of the molecule is COCCCCC(O)(c1cccc(Cl)c1)C1CCCN(C(=O)NCC(N)CC(C)(C)COC)C1. The minimum atomic E-state index is -1.06. The molecule has 3 atom stereocenters. The number of nitrogens with one attached hydrogen (secondary N) is 1. The van der Waals surface area contributed by atoms with Gasteiger partial charge in [0.2, 0.25) is 0 Å². The van der Waals surface area contributed by atoms with Gasteiger partial charge in [0.05, 0.1) is 12.2 Å². The molecule has 1 aliphatic heterocycles. The van der Waals surface area contributed by atoms with E-state index >= 15 is 0 Å². The molecule has 4 N–H and O–H groups in total. The molecule has 1 saturated heterocycles. The maximum absolute atomic E-state index is 13.0. The summed E-state index contributed by atoms with van der Waals surface area (Å²) in [5, 5.41) is 15.5. The number of methoxy groups -OCH3 is 2. The third-order valence-corrected chi connectivity index (χ3v) is 6.97. The van der Waals surface area contributed by atoms with E-state index < -0.39 is 5.60 Å². The monoisotopic (exact) mass is 497 g/mol. The number of unbranched alkanes of at least 4 members (excludes halogenated alkanes) is 1. The molecular formula is C26H44ClN3O4. The number of carbonyl (C=O) groups is 1. The average Bonchev–Trinajstić information content (AvgIpc) is 2.80. The van der Waals surface area contributed by atoms with Crippen molar-refractivity contribution in [1.29, 1.82) is 0 Å². The summed E-state index contributed by atoms with van der Waals surface area (Å²) in [6, 6.07) is 7.18. The summed E-state index contributed by atoms with van der Waals surface area (Å²) in [5.41, 5.74) is 5.99. The third-order valence-electron chi connectivity index (χ3n) is 6.73. The van der Waals surface area contributed by atoms with Crippen molar-refractivity contribution in [1.82, 2.24) is 10.2 Å². The topological polar surface area (TPSA) is 97.1 Å². The zero-order chi connectivity index (χ0) is 25.2. The first-order valence-corrected chi connectivity index (χ1v) is 12.7. The van der Waals surface area contributed by atoms with Gasteiger partial charge < -0.3 is 30.5 Å². The summed E-state index contributed by atoms with van der Waals surface area (Å²) >= 11 is 6.26. The lowest BCUT2D eigenvalue weighted by Crippen LogP contribution is -2.52. The minimum absolute atomic E-state index is 0.0502. The number of rotatable bonds is 13. The number of amides is 2. The number of nitrogens with two attached hydrogens (primary N) is 1. The number of carbonyl (C=O) groups excluding carboxylic acids is 1. The summed E-state index contributed by atoms with van der Waals surface area (Å²) in [6.07, 6.45) is 4.73. The molecular weight excluding hydrogens is 454 g/mol. The van der Waals surface area contributed by atoms with E-state index in [0.717, 1.165) is 37.7 Å². The predicted molar refractivity (Wildman–Crippen MR) is 137 cm³/mol. The normalized spacial score (nSPS) is 19.5. The van der Waals surface area contributed by atoms with E-state index in [-0.39, 0.29) is 23.4 Å². The van der Waals surface area contributed by atoms with Crippen molar-refractivity contribution in [3.63, 3.8) is 0 Å². The molecule has 1 aromatic carbocycles. The van der Waals surface area contributed by atoms with Crippen LogP contribution in [0.5, 0.6) is 0 Å². The number of benzene rings is 1. The molecule has 0 radical (unpaired) electrons. The molecule has 1 heterocycles. The fraction of sp³-hybridized carbons (Fsp3) is 0.731. The largest absolute Gasteiger partial charge is 0.385 e. The van der Waals surface area contributed by atoms with Gasteiger partial charge in [-0.15, -0.1) is 0 Å². The van der Waals surface area contributed by atoms with Crippen LogP contribution in [-0.2, 0) is 15.1 Å². The van der Waals surface area contributed by atoms with Gasteiger partial charge in [-0.1, -0.05) is 37.6 Å². The molecule has 0 aliphatic carbocycles. The van der Waals surface area contributed by atoms with Crippen LogP contribution in [0.25, 0.3) is 0 Å². The van der Waals surface area contributed by atoms with E-state index in [2.05, 4.69) is 19.2 Å². The summed E-state index contributed by atoms with van der Waals surface area (Å²) in [4.78, 5) is 14.8. The third kappa shape index (κ3) is 8.68. The molecule has 1 aliphatic rings. The first-order chi connectivity index (χ1) is 16.1. The van der Waals surface area contributed by atoms with E-state index in [1.165, 1.54) is 0 Å². The van der Waals surface area contributed by atoms with Crippen LogP contribution in [0, 0.1) is 11.3 Å². The maximum Gasteiger partial charge on any atom is 0.317 e.